The third-order valence-electron chi connectivity index (χ3n) is 4.08. The number of nitro benzene ring substituents is 1. The molecule has 1 aromatic carbocycles. The summed E-state index contributed by atoms with van der Waals surface area (Å²) < 4.78 is 5.60. The Balaban J connectivity index is 2.08. The summed E-state index contributed by atoms with van der Waals surface area (Å²) in [4.78, 5) is 37.2. The van der Waals surface area contributed by atoms with Gasteiger partial charge in [-0.3, -0.25) is 24.6 Å². The monoisotopic (exact) mass is 351 g/mol. The molecule has 0 saturated carbocycles. The fourth-order valence-corrected chi connectivity index (χ4v) is 2.88. The minimum atomic E-state index is -0.932. The van der Waals surface area contributed by atoms with Crippen molar-refractivity contribution in [3.05, 3.63) is 39.4 Å². The zero-order valence-corrected chi connectivity index (χ0v) is 14.2. The van der Waals surface area contributed by atoms with Crippen molar-refractivity contribution >= 4 is 17.6 Å². The standard InChI is InChI=1S/C16H21N3O6/c1-11-13(4-3-5-14(11)19(23)24)16(22)18-6-7-25-12(9-18)8-17(2)10-15(20)21/h3-5,12H,6-10H2,1-2H3,(H,20,21). The smallest absolute Gasteiger partial charge is 0.317 e. The number of nitrogens with zero attached hydrogens (tertiary/aromatic N) is 3. The van der Waals surface area contributed by atoms with E-state index in [0.717, 1.165) is 0 Å². The number of benzene rings is 1. The van der Waals surface area contributed by atoms with Crippen LogP contribution in [0.2, 0.25) is 0 Å². The van der Waals surface area contributed by atoms with E-state index < -0.39 is 10.9 Å². The summed E-state index contributed by atoms with van der Waals surface area (Å²) in [5.41, 5.74) is 0.550. The van der Waals surface area contributed by atoms with Gasteiger partial charge in [0, 0.05) is 36.8 Å². The van der Waals surface area contributed by atoms with E-state index in [1.807, 2.05) is 0 Å². The van der Waals surface area contributed by atoms with Crippen LogP contribution in [0.5, 0.6) is 0 Å². The predicted molar refractivity (Wildman–Crippen MR) is 88.6 cm³/mol. The quantitative estimate of drug-likeness (QED) is 0.594. The van der Waals surface area contributed by atoms with E-state index in [4.69, 9.17) is 9.84 Å². The highest BCUT2D eigenvalue weighted by atomic mass is 16.6. The minimum absolute atomic E-state index is 0.0862. The molecule has 25 heavy (non-hydrogen) atoms. The van der Waals surface area contributed by atoms with Gasteiger partial charge < -0.3 is 14.7 Å². The lowest BCUT2D eigenvalue weighted by Gasteiger charge is -2.34. The first-order chi connectivity index (χ1) is 11.8. The molecule has 1 unspecified atom stereocenters. The van der Waals surface area contributed by atoms with E-state index in [1.165, 1.54) is 12.1 Å². The Morgan fingerprint density at radius 2 is 2.20 bits per heavy atom. The summed E-state index contributed by atoms with van der Waals surface area (Å²) in [6.45, 7) is 2.86. The van der Waals surface area contributed by atoms with Gasteiger partial charge in [-0.05, 0) is 20.0 Å². The number of carboxylic acid groups (broad SMARTS) is 1. The molecule has 0 spiro atoms. The molecule has 1 atom stereocenters. The number of ether oxygens (including phenoxy) is 1. The lowest BCUT2D eigenvalue weighted by Crippen LogP contribution is -2.49. The molecule has 1 saturated heterocycles. The number of carbonyl (C=O) groups is 2. The van der Waals surface area contributed by atoms with E-state index >= 15 is 0 Å². The van der Waals surface area contributed by atoms with Crippen LogP contribution in [-0.4, -0.2) is 77.6 Å². The van der Waals surface area contributed by atoms with Gasteiger partial charge in [-0.1, -0.05) is 6.07 Å². The van der Waals surface area contributed by atoms with Crippen LogP contribution in [0.4, 0.5) is 5.69 Å². The first-order valence-electron chi connectivity index (χ1n) is 7.84. The molecule has 1 fully saturated rings. The number of carbonyl (C=O) groups excluding carboxylic acids is 1. The molecule has 0 radical (unpaired) electrons. The third kappa shape index (κ3) is 4.74. The van der Waals surface area contributed by atoms with E-state index in [2.05, 4.69) is 0 Å². The zero-order chi connectivity index (χ0) is 18.6. The number of aliphatic carboxylic acids is 1. The van der Waals surface area contributed by atoms with Gasteiger partial charge in [0.15, 0.2) is 0 Å². The van der Waals surface area contributed by atoms with Crippen LogP contribution in [0.25, 0.3) is 0 Å². The minimum Gasteiger partial charge on any atom is -0.480 e. The summed E-state index contributed by atoms with van der Waals surface area (Å²) in [6.07, 6.45) is -0.305. The second-order valence-electron chi connectivity index (χ2n) is 6.04. The van der Waals surface area contributed by atoms with Gasteiger partial charge >= 0.3 is 5.97 Å². The Labute approximate surface area is 144 Å². The average Bonchev–Trinajstić information content (AvgIpc) is 2.53. The van der Waals surface area contributed by atoms with Crippen LogP contribution in [0, 0.1) is 17.0 Å². The number of hydrogen-bond donors (Lipinski definition) is 1. The first kappa shape index (κ1) is 18.8. The Morgan fingerprint density at radius 1 is 1.48 bits per heavy atom. The molecule has 9 heteroatoms. The predicted octanol–water partition coefficient (Wildman–Crippen LogP) is 0.761. The summed E-state index contributed by atoms with van der Waals surface area (Å²) >= 11 is 0. The van der Waals surface area contributed by atoms with Crippen LogP contribution in [0.3, 0.4) is 0 Å². The molecular formula is C16H21N3O6. The number of carboxylic acids is 1. The number of nitro groups is 1. The molecule has 1 heterocycles. The van der Waals surface area contributed by atoms with Gasteiger partial charge in [-0.2, -0.15) is 0 Å². The van der Waals surface area contributed by atoms with Crippen molar-refractivity contribution in [2.45, 2.75) is 13.0 Å². The second kappa shape index (κ2) is 8.04. The normalized spacial score (nSPS) is 17.6. The molecule has 0 aromatic heterocycles. The highest BCUT2D eigenvalue weighted by Gasteiger charge is 2.28. The zero-order valence-electron chi connectivity index (χ0n) is 14.2. The summed E-state index contributed by atoms with van der Waals surface area (Å²) in [7, 11) is 1.67. The van der Waals surface area contributed by atoms with Gasteiger partial charge in [0.1, 0.15) is 0 Å². The van der Waals surface area contributed by atoms with Gasteiger partial charge in [0.25, 0.3) is 11.6 Å². The van der Waals surface area contributed by atoms with Crippen LogP contribution in [0.1, 0.15) is 15.9 Å². The van der Waals surface area contributed by atoms with Crippen molar-refractivity contribution < 1.29 is 24.4 Å². The summed E-state index contributed by atoms with van der Waals surface area (Å²) in [6, 6.07) is 4.44. The van der Waals surface area contributed by atoms with Gasteiger partial charge in [0.05, 0.1) is 24.2 Å². The van der Waals surface area contributed by atoms with Gasteiger partial charge in [-0.15, -0.1) is 0 Å². The molecule has 0 bridgehead atoms. The van der Waals surface area contributed by atoms with E-state index in [1.54, 1.807) is 29.8 Å². The maximum atomic E-state index is 12.7. The van der Waals surface area contributed by atoms with E-state index in [0.29, 0.717) is 37.4 Å². The maximum Gasteiger partial charge on any atom is 0.317 e. The Hall–Kier alpha value is -2.52. The molecule has 1 amide bonds. The SMILES string of the molecule is Cc1c(C(=O)N2CCOC(CN(C)CC(=O)O)C2)cccc1[N+](=O)[O-]. The third-order valence-corrected chi connectivity index (χ3v) is 4.08. The molecule has 2 rings (SSSR count). The molecule has 1 N–H and O–H groups in total. The molecular weight excluding hydrogens is 330 g/mol. The van der Waals surface area contributed by atoms with Crippen LogP contribution in [-0.2, 0) is 9.53 Å². The fraction of sp³-hybridized carbons (Fsp3) is 0.500. The lowest BCUT2D eigenvalue weighted by atomic mass is 10.0. The first-order valence-corrected chi connectivity index (χ1v) is 7.84. The highest BCUT2D eigenvalue weighted by Crippen LogP contribution is 2.23. The van der Waals surface area contributed by atoms with E-state index in [-0.39, 0.29) is 24.2 Å². The Bertz CT molecular complexity index is 678. The average molecular weight is 351 g/mol. The molecule has 0 aliphatic carbocycles. The molecule has 1 aliphatic rings. The van der Waals surface area contributed by atoms with Gasteiger partial charge in [-0.25, -0.2) is 0 Å². The Kier molecular flexibility index (Phi) is 6.05. The summed E-state index contributed by atoms with van der Waals surface area (Å²) in [5.74, 6) is -1.21. The van der Waals surface area contributed by atoms with Crippen LogP contribution in [0.15, 0.2) is 18.2 Å². The van der Waals surface area contributed by atoms with Crippen molar-refractivity contribution in [2.24, 2.45) is 0 Å². The number of rotatable bonds is 6. The van der Waals surface area contributed by atoms with Crippen molar-refractivity contribution in [3.8, 4) is 0 Å². The largest absolute Gasteiger partial charge is 0.480 e. The lowest BCUT2D eigenvalue weighted by molar-refractivity contribution is -0.385. The number of hydrogen-bond acceptors (Lipinski definition) is 6. The fourth-order valence-electron chi connectivity index (χ4n) is 2.88. The van der Waals surface area contributed by atoms with Crippen molar-refractivity contribution in [1.29, 1.82) is 0 Å². The Morgan fingerprint density at radius 3 is 2.84 bits per heavy atom. The van der Waals surface area contributed by atoms with Crippen molar-refractivity contribution in [2.75, 3.05) is 39.8 Å². The van der Waals surface area contributed by atoms with Crippen molar-refractivity contribution in [3.63, 3.8) is 0 Å². The summed E-state index contributed by atoms with van der Waals surface area (Å²) in [5, 5.41) is 19.8. The van der Waals surface area contributed by atoms with Crippen LogP contribution >= 0.6 is 0 Å². The van der Waals surface area contributed by atoms with E-state index in [9.17, 15) is 19.7 Å². The molecule has 1 aliphatic heterocycles. The maximum absolute atomic E-state index is 12.7. The number of morpholine rings is 1. The topological polar surface area (TPSA) is 113 Å². The molecule has 9 nitrogen and oxygen atoms in total. The number of amides is 1. The van der Waals surface area contributed by atoms with Crippen molar-refractivity contribution in [1.82, 2.24) is 9.80 Å². The molecule has 136 valence electrons. The van der Waals surface area contributed by atoms with Gasteiger partial charge in [0.2, 0.25) is 0 Å². The molecule has 1 aromatic rings. The highest BCUT2D eigenvalue weighted by molar-refractivity contribution is 5.96. The van der Waals surface area contributed by atoms with Crippen LogP contribution < -0.4 is 0 Å². The second-order valence-corrected chi connectivity index (χ2v) is 6.04. The number of likely N-dealkylation sites (N-methyl/N-ethyl adjacent to an activating group) is 1.